The molecule has 0 radical (unpaired) electrons. The number of benzene rings is 2. The number of rotatable bonds is 6. The van der Waals surface area contributed by atoms with Crippen LogP contribution >= 0.6 is 0 Å². The lowest BCUT2D eigenvalue weighted by Crippen LogP contribution is -2.27. The van der Waals surface area contributed by atoms with E-state index in [0.717, 1.165) is 6.42 Å². The number of carbonyl (C=O) groups is 2. The van der Waals surface area contributed by atoms with E-state index in [2.05, 4.69) is 40.8 Å². The van der Waals surface area contributed by atoms with Crippen LogP contribution in [0.25, 0.3) is 11.1 Å². The molecule has 0 aliphatic carbocycles. The lowest BCUT2D eigenvalue weighted by molar-refractivity contribution is -0.127. The van der Waals surface area contributed by atoms with Crippen LogP contribution in [0.4, 0.5) is 0 Å². The molecule has 0 atom stereocenters. The topological polar surface area (TPSA) is 61.8 Å². The molecule has 0 unspecified atom stereocenters. The van der Waals surface area contributed by atoms with Gasteiger partial charge in [0.1, 0.15) is 0 Å². The van der Waals surface area contributed by atoms with E-state index in [4.69, 9.17) is 0 Å². The Bertz CT molecular complexity index is 800. The molecule has 0 bridgehead atoms. The number of carbonyl (C=O) groups excluding carboxylic acids is 2. The molecule has 2 aromatic carbocycles. The van der Waals surface area contributed by atoms with Crippen LogP contribution in [0, 0.1) is 0 Å². The molecule has 5 heteroatoms. The number of nitrogens with zero attached hydrogens (tertiary/aromatic N) is 2. The second-order valence-electron chi connectivity index (χ2n) is 6.10. The Kier molecular flexibility index (Phi) is 5.23. The van der Waals surface area contributed by atoms with Gasteiger partial charge in [0, 0.05) is 13.6 Å². The van der Waals surface area contributed by atoms with Crippen LogP contribution in [-0.4, -0.2) is 36.1 Å². The van der Waals surface area contributed by atoms with Crippen molar-refractivity contribution in [3.8, 4) is 11.1 Å². The second-order valence-corrected chi connectivity index (χ2v) is 6.10. The van der Waals surface area contributed by atoms with Crippen LogP contribution in [0.5, 0.6) is 0 Å². The van der Waals surface area contributed by atoms with Crippen molar-refractivity contribution in [2.75, 3.05) is 13.6 Å². The molecule has 1 aliphatic heterocycles. The molecular weight excluding hydrogens is 314 g/mol. The first-order chi connectivity index (χ1) is 12.1. The standard InChI is InChI=1S/C20H21N3O2/c1-23-20(25)14-18(22-23)13-19(24)21-11-10-15-6-5-9-17(12-15)16-7-3-2-4-8-16/h2-9,12H,10-11,13-14H2,1H3,(H,21,24). The summed E-state index contributed by atoms with van der Waals surface area (Å²) in [5, 5.41) is 8.25. The highest BCUT2D eigenvalue weighted by molar-refractivity contribution is 6.11. The van der Waals surface area contributed by atoms with Gasteiger partial charge < -0.3 is 5.32 Å². The van der Waals surface area contributed by atoms with E-state index in [-0.39, 0.29) is 24.7 Å². The molecule has 1 N–H and O–H groups in total. The highest BCUT2D eigenvalue weighted by Gasteiger charge is 2.21. The molecule has 3 rings (SSSR count). The molecule has 2 aromatic rings. The van der Waals surface area contributed by atoms with Gasteiger partial charge in [-0.1, -0.05) is 54.6 Å². The third kappa shape index (κ3) is 4.53. The summed E-state index contributed by atoms with van der Waals surface area (Å²) in [5.41, 5.74) is 4.15. The van der Waals surface area contributed by atoms with Crippen LogP contribution in [0.1, 0.15) is 18.4 Å². The zero-order chi connectivity index (χ0) is 17.6. The van der Waals surface area contributed by atoms with E-state index in [1.807, 2.05) is 24.3 Å². The minimum absolute atomic E-state index is 0.0690. The smallest absolute Gasteiger partial charge is 0.248 e. The fraction of sp³-hybridized carbons (Fsp3) is 0.250. The molecule has 0 saturated heterocycles. The summed E-state index contributed by atoms with van der Waals surface area (Å²) >= 11 is 0. The minimum atomic E-state index is -0.0962. The number of amides is 2. The fourth-order valence-corrected chi connectivity index (χ4v) is 2.82. The summed E-state index contributed by atoms with van der Waals surface area (Å²) in [5.74, 6) is -0.165. The summed E-state index contributed by atoms with van der Waals surface area (Å²) in [6, 6.07) is 18.6. The molecule has 0 spiro atoms. The number of hydrogen-bond acceptors (Lipinski definition) is 3. The summed E-state index contributed by atoms with van der Waals surface area (Å²) in [6.07, 6.45) is 1.18. The summed E-state index contributed by atoms with van der Waals surface area (Å²) in [4.78, 5) is 23.4. The Balaban J connectivity index is 1.50. The van der Waals surface area contributed by atoms with Crippen molar-refractivity contribution in [2.24, 2.45) is 5.10 Å². The van der Waals surface area contributed by atoms with E-state index in [9.17, 15) is 9.59 Å². The summed E-state index contributed by atoms with van der Waals surface area (Å²) in [7, 11) is 1.60. The van der Waals surface area contributed by atoms with Gasteiger partial charge in [-0.25, -0.2) is 5.01 Å². The normalized spacial score (nSPS) is 13.7. The monoisotopic (exact) mass is 335 g/mol. The quantitative estimate of drug-likeness (QED) is 0.882. The largest absolute Gasteiger partial charge is 0.355 e. The maximum atomic E-state index is 12.0. The highest BCUT2D eigenvalue weighted by Crippen LogP contribution is 2.20. The van der Waals surface area contributed by atoms with Crippen molar-refractivity contribution in [1.82, 2.24) is 10.3 Å². The maximum absolute atomic E-state index is 12.0. The van der Waals surface area contributed by atoms with Crippen LogP contribution in [0.3, 0.4) is 0 Å². The molecule has 5 nitrogen and oxygen atoms in total. The van der Waals surface area contributed by atoms with Gasteiger partial charge in [0.15, 0.2) is 0 Å². The van der Waals surface area contributed by atoms with Gasteiger partial charge in [-0.2, -0.15) is 5.10 Å². The van der Waals surface area contributed by atoms with Gasteiger partial charge >= 0.3 is 0 Å². The van der Waals surface area contributed by atoms with Gasteiger partial charge in [-0.05, 0) is 23.1 Å². The molecule has 0 saturated carbocycles. The summed E-state index contributed by atoms with van der Waals surface area (Å²) in [6.45, 7) is 0.564. The van der Waals surface area contributed by atoms with Crippen molar-refractivity contribution in [3.63, 3.8) is 0 Å². The zero-order valence-corrected chi connectivity index (χ0v) is 14.2. The SMILES string of the molecule is CN1N=C(CC(=O)NCCc2cccc(-c3ccccc3)c2)CC1=O. The molecule has 2 amide bonds. The Morgan fingerprint density at radius 1 is 1.12 bits per heavy atom. The number of nitrogens with one attached hydrogen (secondary N) is 1. The molecule has 128 valence electrons. The first-order valence-electron chi connectivity index (χ1n) is 8.36. The molecule has 0 fully saturated rings. The Hall–Kier alpha value is -2.95. The van der Waals surface area contributed by atoms with Crippen molar-refractivity contribution < 1.29 is 9.59 Å². The third-order valence-electron chi connectivity index (χ3n) is 4.14. The average Bonchev–Trinajstić information content (AvgIpc) is 2.93. The second kappa shape index (κ2) is 7.75. The van der Waals surface area contributed by atoms with E-state index < -0.39 is 0 Å². The van der Waals surface area contributed by atoms with Crippen LogP contribution in [-0.2, 0) is 16.0 Å². The molecule has 25 heavy (non-hydrogen) atoms. The molecular formula is C20H21N3O2. The summed E-state index contributed by atoms with van der Waals surface area (Å²) < 4.78 is 0. The van der Waals surface area contributed by atoms with Crippen LogP contribution in [0.2, 0.25) is 0 Å². The Morgan fingerprint density at radius 3 is 2.60 bits per heavy atom. The van der Waals surface area contributed by atoms with E-state index in [1.54, 1.807) is 7.05 Å². The first kappa shape index (κ1) is 16.9. The fourth-order valence-electron chi connectivity index (χ4n) is 2.82. The maximum Gasteiger partial charge on any atom is 0.248 e. The van der Waals surface area contributed by atoms with E-state index in [0.29, 0.717) is 12.3 Å². The van der Waals surface area contributed by atoms with Crippen LogP contribution in [0.15, 0.2) is 59.7 Å². The molecule has 1 heterocycles. The van der Waals surface area contributed by atoms with Crippen molar-refractivity contribution in [1.29, 1.82) is 0 Å². The van der Waals surface area contributed by atoms with Crippen molar-refractivity contribution in [3.05, 3.63) is 60.2 Å². The predicted molar refractivity (Wildman–Crippen MR) is 98.0 cm³/mol. The van der Waals surface area contributed by atoms with Gasteiger partial charge in [0.2, 0.25) is 11.8 Å². The third-order valence-corrected chi connectivity index (χ3v) is 4.14. The number of hydrogen-bond donors (Lipinski definition) is 1. The van der Waals surface area contributed by atoms with Crippen molar-refractivity contribution >= 4 is 17.5 Å². The van der Waals surface area contributed by atoms with E-state index in [1.165, 1.54) is 21.7 Å². The Labute approximate surface area is 147 Å². The average molecular weight is 335 g/mol. The van der Waals surface area contributed by atoms with Crippen molar-refractivity contribution in [2.45, 2.75) is 19.3 Å². The van der Waals surface area contributed by atoms with E-state index >= 15 is 0 Å². The zero-order valence-electron chi connectivity index (χ0n) is 14.2. The predicted octanol–water partition coefficient (Wildman–Crippen LogP) is 2.62. The first-order valence-corrected chi connectivity index (χ1v) is 8.36. The Morgan fingerprint density at radius 2 is 1.88 bits per heavy atom. The molecule has 1 aliphatic rings. The van der Waals surface area contributed by atoms with Gasteiger partial charge in [0.05, 0.1) is 18.6 Å². The van der Waals surface area contributed by atoms with Crippen LogP contribution < -0.4 is 5.32 Å². The van der Waals surface area contributed by atoms with Gasteiger partial charge in [-0.3, -0.25) is 9.59 Å². The lowest BCUT2D eigenvalue weighted by Gasteiger charge is -2.07. The number of hydrazone groups is 1. The minimum Gasteiger partial charge on any atom is -0.355 e. The van der Waals surface area contributed by atoms with Gasteiger partial charge in [-0.15, -0.1) is 0 Å². The molecule has 0 aromatic heterocycles. The van der Waals surface area contributed by atoms with Gasteiger partial charge in [0.25, 0.3) is 0 Å². The highest BCUT2D eigenvalue weighted by atomic mass is 16.2. The lowest BCUT2D eigenvalue weighted by atomic mass is 10.0.